The predicted molar refractivity (Wildman–Crippen MR) is 84.2 cm³/mol. The van der Waals surface area contributed by atoms with Gasteiger partial charge in [-0.2, -0.15) is 0 Å². The molecular weight excluding hydrogens is 311 g/mol. The van der Waals surface area contributed by atoms with Crippen LogP contribution in [0.25, 0.3) is 0 Å². The van der Waals surface area contributed by atoms with Gasteiger partial charge < -0.3 is 5.11 Å². The van der Waals surface area contributed by atoms with Crippen molar-refractivity contribution in [1.29, 1.82) is 0 Å². The Kier molecular flexibility index (Phi) is 5.44. The lowest BCUT2D eigenvalue weighted by atomic mass is 10.1. The van der Waals surface area contributed by atoms with Gasteiger partial charge in [-0.25, -0.2) is 0 Å². The third-order valence-corrected chi connectivity index (χ3v) is 3.20. The lowest BCUT2D eigenvalue weighted by Crippen LogP contribution is -2.30. The maximum Gasteiger partial charge on any atom is 0.241 e. The monoisotopic (exact) mass is 324 g/mol. The van der Waals surface area contributed by atoms with Crippen molar-refractivity contribution < 1.29 is 9.90 Å². The van der Waals surface area contributed by atoms with Gasteiger partial charge in [0.2, 0.25) is 5.91 Å². The number of aliphatic hydroxyl groups excluding tert-OH is 1. The molecule has 0 aliphatic carbocycles. The highest BCUT2D eigenvalue weighted by molar-refractivity contribution is 6.34. The summed E-state index contributed by atoms with van der Waals surface area (Å²) < 4.78 is 0. The van der Waals surface area contributed by atoms with Crippen LogP contribution in [0.3, 0.4) is 0 Å². The summed E-state index contributed by atoms with van der Waals surface area (Å²) in [5.41, 5.74) is 6.53. The summed E-state index contributed by atoms with van der Waals surface area (Å²) in [7, 11) is 0. The van der Waals surface area contributed by atoms with Gasteiger partial charge in [0.25, 0.3) is 0 Å². The molecule has 4 nitrogen and oxygen atoms in total. The lowest BCUT2D eigenvalue weighted by molar-refractivity contribution is -0.122. The van der Waals surface area contributed by atoms with Crippen LogP contribution in [0.1, 0.15) is 18.1 Å². The standard InChI is InChI=1S/C15H14Cl2N2O2/c16-11-6-10(7-12(17)8-11)14(20)9-15(21)19-18-13-4-2-1-3-5-13/h1-8,14,18,20H,9H2,(H,19,21). The van der Waals surface area contributed by atoms with E-state index in [4.69, 9.17) is 23.2 Å². The summed E-state index contributed by atoms with van der Waals surface area (Å²) in [4.78, 5) is 11.8. The van der Waals surface area contributed by atoms with Gasteiger partial charge in [0.1, 0.15) is 0 Å². The molecule has 0 saturated carbocycles. The second-order valence-electron chi connectivity index (χ2n) is 4.46. The molecule has 6 heteroatoms. The van der Waals surface area contributed by atoms with Gasteiger partial charge in [0, 0.05) is 10.0 Å². The third kappa shape index (κ3) is 4.93. The molecule has 1 amide bonds. The van der Waals surface area contributed by atoms with E-state index in [-0.39, 0.29) is 12.3 Å². The van der Waals surface area contributed by atoms with E-state index in [1.807, 2.05) is 30.3 Å². The molecule has 0 radical (unpaired) electrons. The molecule has 0 aliphatic rings. The Morgan fingerprint density at radius 2 is 1.71 bits per heavy atom. The second-order valence-corrected chi connectivity index (χ2v) is 5.33. The van der Waals surface area contributed by atoms with E-state index >= 15 is 0 Å². The zero-order chi connectivity index (χ0) is 15.2. The number of carbonyl (C=O) groups excluding carboxylic acids is 1. The summed E-state index contributed by atoms with van der Waals surface area (Å²) in [5, 5.41) is 10.9. The van der Waals surface area contributed by atoms with Crippen molar-refractivity contribution >= 4 is 34.8 Å². The highest BCUT2D eigenvalue weighted by Gasteiger charge is 2.14. The van der Waals surface area contributed by atoms with Crippen LogP contribution in [-0.4, -0.2) is 11.0 Å². The van der Waals surface area contributed by atoms with Crippen molar-refractivity contribution in [2.45, 2.75) is 12.5 Å². The number of carbonyl (C=O) groups is 1. The molecular formula is C15H14Cl2N2O2. The number of hydrazine groups is 1. The number of para-hydroxylation sites is 1. The Morgan fingerprint density at radius 3 is 2.33 bits per heavy atom. The molecule has 1 atom stereocenters. The molecule has 0 saturated heterocycles. The van der Waals surface area contributed by atoms with Gasteiger partial charge in [-0.05, 0) is 35.9 Å². The normalized spacial score (nSPS) is 11.8. The fourth-order valence-corrected chi connectivity index (χ4v) is 2.32. The Morgan fingerprint density at radius 1 is 1.10 bits per heavy atom. The van der Waals surface area contributed by atoms with Gasteiger partial charge in [-0.1, -0.05) is 41.4 Å². The molecule has 2 rings (SSSR count). The van der Waals surface area contributed by atoms with Crippen LogP contribution >= 0.6 is 23.2 Å². The number of nitrogens with one attached hydrogen (secondary N) is 2. The molecule has 0 aliphatic heterocycles. The van der Waals surface area contributed by atoms with Gasteiger partial charge in [0.15, 0.2) is 0 Å². The number of hydrogen-bond acceptors (Lipinski definition) is 3. The summed E-state index contributed by atoms with van der Waals surface area (Å²) >= 11 is 11.7. The number of hydrogen-bond donors (Lipinski definition) is 3. The molecule has 3 N–H and O–H groups in total. The van der Waals surface area contributed by atoms with Crippen molar-refractivity contribution in [2.24, 2.45) is 0 Å². The fraction of sp³-hybridized carbons (Fsp3) is 0.133. The quantitative estimate of drug-likeness (QED) is 0.737. The van der Waals surface area contributed by atoms with Crippen LogP contribution in [0.15, 0.2) is 48.5 Å². The fourth-order valence-electron chi connectivity index (χ4n) is 1.78. The van der Waals surface area contributed by atoms with Crippen LogP contribution in [-0.2, 0) is 4.79 Å². The molecule has 0 heterocycles. The first-order valence-corrected chi connectivity index (χ1v) is 7.04. The van der Waals surface area contributed by atoms with Gasteiger partial charge in [-0.15, -0.1) is 0 Å². The number of amides is 1. The maximum absolute atomic E-state index is 11.8. The largest absolute Gasteiger partial charge is 0.388 e. The Labute approximate surface area is 132 Å². The van der Waals surface area contributed by atoms with Gasteiger partial charge in [-0.3, -0.25) is 15.6 Å². The van der Waals surface area contributed by atoms with Gasteiger partial charge in [0.05, 0.1) is 18.2 Å². The highest BCUT2D eigenvalue weighted by Crippen LogP contribution is 2.25. The van der Waals surface area contributed by atoms with E-state index in [2.05, 4.69) is 10.9 Å². The summed E-state index contributed by atoms with van der Waals surface area (Å²) in [5.74, 6) is -0.345. The molecule has 2 aromatic carbocycles. The van der Waals surface area contributed by atoms with E-state index in [1.165, 1.54) is 0 Å². The molecule has 1 unspecified atom stereocenters. The summed E-state index contributed by atoms with van der Waals surface area (Å²) in [6.07, 6.45) is -1.07. The average Bonchev–Trinajstić information content (AvgIpc) is 2.45. The first-order valence-electron chi connectivity index (χ1n) is 6.28. The number of benzene rings is 2. The van der Waals surface area contributed by atoms with Crippen molar-refractivity contribution in [2.75, 3.05) is 5.43 Å². The topological polar surface area (TPSA) is 61.4 Å². The SMILES string of the molecule is O=C(CC(O)c1cc(Cl)cc(Cl)c1)NNc1ccccc1. The molecule has 0 fully saturated rings. The lowest BCUT2D eigenvalue weighted by Gasteiger charge is -2.13. The number of rotatable bonds is 5. The van der Waals surface area contributed by atoms with Crippen molar-refractivity contribution in [3.8, 4) is 0 Å². The molecule has 110 valence electrons. The second kappa shape index (κ2) is 7.31. The van der Waals surface area contributed by atoms with Gasteiger partial charge >= 0.3 is 0 Å². The highest BCUT2D eigenvalue weighted by atomic mass is 35.5. The first kappa shape index (κ1) is 15.6. The minimum Gasteiger partial charge on any atom is -0.388 e. The van der Waals surface area contributed by atoms with Crippen LogP contribution in [0.4, 0.5) is 5.69 Å². The van der Waals surface area contributed by atoms with E-state index in [9.17, 15) is 9.90 Å². The van der Waals surface area contributed by atoms with Crippen LogP contribution < -0.4 is 10.9 Å². The molecule has 0 spiro atoms. The summed E-state index contributed by atoms with van der Waals surface area (Å²) in [6, 6.07) is 13.9. The van der Waals surface area contributed by atoms with Crippen molar-refractivity contribution in [3.63, 3.8) is 0 Å². The third-order valence-electron chi connectivity index (χ3n) is 2.77. The molecule has 2 aromatic rings. The summed E-state index contributed by atoms with van der Waals surface area (Å²) in [6.45, 7) is 0. The van der Waals surface area contributed by atoms with Crippen LogP contribution in [0.5, 0.6) is 0 Å². The average molecular weight is 325 g/mol. The number of halogens is 2. The number of aliphatic hydroxyl groups is 1. The maximum atomic E-state index is 11.8. The number of anilines is 1. The molecule has 21 heavy (non-hydrogen) atoms. The van der Waals surface area contributed by atoms with Crippen LogP contribution in [0, 0.1) is 0 Å². The minimum absolute atomic E-state index is 0.101. The van der Waals surface area contributed by atoms with E-state index in [0.29, 0.717) is 15.6 Å². The first-order chi connectivity index (χ1) is 10.0. The van der Waals surface area contributed by atoms with Crippen molar-refractivity contribution in [3.05, 3.63) is 64.1 Å². The van der Waals surface area contributed by atoms with E-state index in [0.717, 1.165) is 5.69 Å². The Hall–Kier alpha value is -1.75. The van der Waals surface area contributed by atoms with Crippen LogP contribution in [0.2, 0.25) is 10.0 Å². The Balaban J connectivity index is 1.90. The minimum atomic E-state index is -0.973. The molecule has 0 aromatic heterocycles. The Bertz CT molecular complexity index is 600. The zero-order valence-electron chi connectivity index (χ0n) is 11.0. The van der Waals surface area contributed by atoms with Crippen molar-refractivity contribution in [1.82, 2.24) is 5.43 Å². The zero-order valence-corrected chi connectivity index (χ0v) is 12.5. The molecule has 0 bridgehead atoms. The predicted octanol–water partition coefficient (Wildman–Crippen LogP) is 3.56. The smallest absolute Gasteiger partial charge is 0.241 e. The van der Waals surface area contributed by atoms with E-state index in [1.54, 1.807) is 18.2 Å². The van der Waals surface area contributed by atoms with E-state index < -0.39 is 6.10 Å².